The number of phenols is 1. The minimum Gasteiger partial charge on any atom is -0.507 e. The third-order valence-electron chi connectivity index (χ3n) is 3.72. The molecule has 1 aliphatic rings. The van der Waals surface area contributed by atoms with Crippen molar-refractivity contribution < 1.29 is 14.3 Å². The zero-order chi connectivity index (χ0) is 15.0. The summed E-state index contributed by atoms with van der Waals surface area (Å²) in [7, 11) is 0. The minimum atomic E-state index is -0.555. The second kappa shape index (κ2) is 5.09. The second-order valence-electron chi connectivity index (χ2n) is 5.07. The number of fused-ring (bicyclic) bond motifs is 1. The lowest BCUT2D eigenvalue weighted by molar-refractivity contribution is 0.0982. The lowest BCUT2D eigenvalue weighted by Gasteiger charge is -2.30. The maximum atomic E-state index is 13.3. The summed E-state index contributed by atoms with van der Waals surface area (Å²) in [5, 5.41) is 9.80. The summed E-state index contributed by atoms with van der Waals surface area (Å²) in [5.74, 6) is -1.20. The summed E-state index contributed by atoms with van der Waals surface area (Å²) in [6, 6.07) is 8.76. The molecule has 0 saturated carbocycles. The lowest BCUT2D eigenvalue weighted by Crippen LogP contribution is -2.35. The summed E-state index contributed by atoms with van der Waals surface area (Å²) in [4.78, 5) is 14.2. The van der Waals surface area contributed by atoms with E-state index in [0.29, 0.717) is 12.2 Å². The Morgan fingerprint density at radius 1 is 1.29 bits per heavy atom. The Balaban J connectivity index is 2.04. The van der Waals surface area contributed by atoms with E-state index in [-0.39, 0.29) is 11.3 Å². The molecule has 0 fully saturated rings. The molecule has 1 heterocycles. The van der Waals surface area contributed by atoms with Crippen LogP contribution in [0.5, 0.6) is 5.75 Å². The molecule has 21 heavy (non-hydrogen) atoms. The van der Waals surface area contributed by atoms with E-state index in [9.17, 15) is 14.3 Å². The van der Waals surface area contributed by atoms with Crippen LogP contribution in [-0.4, -0.2) is 17.6 Å². The highest BCUT2D eigenvalue weighted by atomic mass is 19.1. The number of anilines is 2. The predicted octanol–water partition coefficient (Wildman–Crippen LogP) is 2.71. The van der Waals surface area contributed by atoms with Gasteiger partial charge >= 0.3 is 0 Å². The average Bonchev–Trinajstić information content (AvgIpc) is 2.49. The maximum Gasteiger partial charge on any atom is 0.262 e. The van der Waals surface area contributed by atoms with Gasteiger partial charge in [0.15, 0.2) is 0 Å². The number of halogens is 1. The molecule has 2 aromatic carbocycles. The molecule has 0 aliphatic carbocycles. The fourth-order valence-electron chi connectivity index (χ4n) is 2.69. The molecule has 0 spiro atoms. The van der Waals surface area contributed by atoms with Crippen LogP contribution in [-0.2, 0) is 6.42 Å². The normalized spacial score (nSPS) is 13.9. The summed E-state index contributed by atoms with van der Waals surface area (Å²) in [5.41, 5.74) is 8.21. The molecule has 0 unspecified atom stereocenters. The largest absolute Gasteiger partial charge is 0.507 e. The number of hydrogen-bond donors (Lipinski definition) is 2. The molecule has 0 aromatic heterocycles. The van der Waals surface area contributed by atoms with E-state index in [4.69, 9.17) is 5.73 Å². The molecule has 2 aromatic rings. The highest BCUT2D eigenvalue weighted by Gasteiger charge is 2.26. The quantitative estimate of drug-likeness (QED) is 0.792. The van der Waals surface area contributed by atoms with E-state index in [1.807, 2.05) is 6.07 Å². The number of aromatic hydroxyl groups is 1. The van der Waals surface area contributed by atoms with E-state index in [1.165, 1.54) is 6.07 Å². The first-order valence-electron chi connectivity index (χ1n) is 6.75. The van der Waals surface area contributed by atoms with Crippen LogP contribution >= 0.6 is 0 Å². The van der Waals surface area contributed by atoms with Gasteiger partial charge in [0.25, 0.3) is 5.91 Å². The maximum absolute atomic E-state index is 13.3. The SMILES string of the molecule is Nc1cccc2c1CCCN2C(=O)c1cc(F)ccc1O. The van der Waals surface area contributed by atoms with Gasteiger partial charge in [0.2, 0.25) is 0 Å². The smallest absolute Gasteiger partial charge is 0.262 e. The van der Waals surface area contributed by atoms with Crippen LogP contribution in [0.25, 0.3) is 0 Å². The number of phenolic OH excluding ortho intramolecular Hbond substituents is 1. The second-order valence-corrected chi connectivity index (χ2v) is 5.07. The molecular formula is C16H15FN2O2. The van der Waals surface area contributed by atoms with Gasteiger partial charge in [-0.1, -0.05) is 6.07 Å². The third-order valence-corrected chi connectivity index (χ3v) is 3.72. The Labute approximate surface area is 121 Å². The van der Waals surface area contributed by atoms with Crippen LogP contribution in [0, 0.1) is 5.82 Å². The first-order chi connectivity index (χ1) is 10.1. The van der Waals surface area contributed by atoms with Crippen molar-refractivity contribution in [2.75, 3.05) is 17.2 Å². The van der Waals surface area contributed by atoms with Gasteiger partial charge in [-0.05, 0) is 48.7 Å². The van der Waals surface area contributed by atoms with Crippen LogP contribution in [0.3, 0.4) is 0 Å². The Bertz CT molecular complexity index is 715. The van der Waals surface area contributed by atoms with Gasteiger partial charge in [0, 0.05) is 17.9 Å². The lowest BCUT2D eigenvalue weighted by atomic mass is 9.99. The zero-order valence-corrected chi connectivity index (χ0v) is 11.3. The molecule has 0 radical (unpaired) electrons. The molecule has 3 rings (SSSR count). The van der Waals surface area contributed by atoms with Crippen molar-refractivity contribution in [3.05, 3.63) is 53.3 Å². The van der Waals surface area contributed by atoms with E-state index in [0.717, 1.165) is 36.2 Å². The number of nitrogens with zero attached hydrogens (tertiary/aromatic N) is 1. The van der Waals surface area contributed by atoms with Crippen LogP contribution in [0.1, 0.15) is 22.3 Å². The van der Waals surface area contributed by atoms with Crippen molar-refractivity contribution in [1.29, 1.82) is 0 Å². The standard InChI is InChI=1S/C16H15FN2O2/c17-10-6-7-15(20)12(9-10)16(21)19-8-2-3-11-13(18)4-1-5-14(11)19/h1,4-7,9,20H,2-3,8,18H2. The highest BCUT2D eigenvalue weighted by Crippen LogP contribution is 2.33. The van der Waals surface area contributed by atoms with Gasteiger partial charge in [-0.3, -0.25) is 4.79 Å². The van der Waals surface area contributed by atoms with Gasteiger partial charge in [-0.15, -0.1) is 0 Å². The zero-order valence-electron chi connectivity index (χ0n) is 11.3. The number of carbonyl (C=O) groups excluding carboxylic acids is 1. The molecule has 0 bridgehead atoms. The molecule has 0 saturated heterocycles. The first-order valence-corrected chi connectivity index (χ1v) is 6.75. The van der Waals surface area contributed by atoms with Crippen molar-refractivity contribution in [3.8, 4) is 5.75 Å². The summed E-state index contributed by atoms with van der Waals surface area (Å²) in [6.45, 7) is 0.519. The number of hydrogen-bond acceptors (Lipinski definition) is 3. The molecule has 1 aliphatic heterocycles. The van der Waals surface area contributed by atoms with Crippen LogP contribution in [0.15, 0.2) is 36.4 Å². The first kappa shape index (κ1) is 13.4. The molecular weight excluding hydrogens is 271 g/mol. The van der Waals surface area contributed by atoms with Crippen molar-refractivity contribution in [3.63, 3.8) is 0 Å². The molecule has 108 valence electrons. The van der Waals surface area contributed by atoms with Gasteiger partial charge in [0.05, 0.1) is 5.56 Å². The van der Waals surface area contributed by atoms with Crippen molar-refractivity contribution in [2.45, 2.75) is 12.8 Å². The van der Waals surface area contributed by atoms with Crippen LogP contribution in [0.2, 0.25) is 0 Å². The molecule has 0 atom stereocenters. The molecule has 1 amide bonds. The van der Waals surface area contributed by atoms with E-state index < -0.39 is 11.7 Å². The number of nitrogen functional groups attached to an aromatic ring is 1. The topological polar surface area (TPSA) is 66.6 Å². The predicted molar refractivity (Wildman–Crippen MR) is 78.9 cm³/mol. The Morgan fingerprint density at radius 2 is 2.10 bits per heavy atom. The van der Waals surface area contributed by atoms with Crippen LogP contribution in [0.4, 0.5) is 15.8 Å². The molecule has 5 heteroatoms. The fourth-order valence-corrected chi connectivity index (χ4v) is 2.69. The van der Waals surface area contributed by atoms with Gasteiger partial charge < -0.3 is 15.7 Å². The minimum absolute atomic E-state index is 0.0368. The number of benzene rings is 2. The van der Waals surface area contributed by atoms with Crippen molar-refractivity contribution in [2.24, 2.45) is 0 Å². The Hall–Kier alpha value is -2.56. The van der Waals surface area contributed by atoms with E-state index in [2.05, 4.69) is 0 Å². The van der Waals surface area contributed by atoms with Gasteiger partial charge in [0.1, 0.15) is 11.6 Å². The number of carbonyl (C=O) groups is 1. The number of amides is 1. The third kappa shape index (κ3) is 2.31. The number of rotatable bonds is 1. The number of nitrogens with two attached hydrogens (primary N) is 1. The molecule has 4 nitrogen and oxygen atoms in total. The van der Waals surface area contributed by atoms with E-state index >= 15 is 0 Å². The average molecular weight is 286 g/mol. The Morgan fingerprint density at radius 3 is 2.90 bits per heavy atom. The van der Waals surface area contributed by atoms with Gasteiger partial charge in [-0.2, -0.15) is 0 Å². The van der Waals surface area contributed by atoms with E-state index in [1.54, 1.807) is 17.0 Å². The van der Waals surface area contributed by atoms with Gasteiger partial charge in [-0.25, -0.2) is 4.39 Å². The fraction of sp³-hybridized carbons (Fsp3) is 0.188. The Kier molecular flexibility index (Phi) is 3.25. The van der Waals surface area contributed by atoms with Crippen molar-refractivity contribution >= 4 is 17.3 Å². The summed E-state index contributed by atoms with van der Waals surface area (Å²) in [6.07, 6.45) is 1.59. The van der Waals surface area contributed by atoms with Crippen LogP contribution < -0.4 is 10.6 Å². The highest BCUT2D eigenvalue weighted by molar-refractivity contribution is 6.08. The van der Waals surface area contributed by atoms with Crippen molar-refractivity contribution in [1.82, 2.24) is 0 Å². The summed E-state index contributed by atoms with van der Waals surface area (Å²) < 4.78 is 13.3. The molecule has 3 N–H and O–H groups in total. The monoisotopic (exact) mass is 286 g/mol. The summed E-state index contributed by atoms with van der Waals surface area (Å²) >= 11 is 0.